The fraction of sp³-hybridized carbons (Fsp3) is 0.318. The Morgan fingerprint density at radius 1 is 1.07 bits per heavy atom. The Balaban J connectivity index is 1.27. The van der Waals surface area contributed by atoms with E-state index in [4.69, 9.17) is 21.1 Å². The highest BCUT2D eigenvalue weighted by Crippen LogP contribution is 2.24. The van der Waals surface area contributed by atoms with Crippen LogP contribution in [0.25, 0.3) is 10.9 Å². The van der Waals surface area contributed by atoms with Crippen LogP contribution in [0.4, 0.5) is 0 Å². The van der Waals surface area contributed by atoms with Gasteiger partial charge in [-0.2, -0.15) is 0 Å². The summed E-state index contributed by atoms with van der Waals surface area (Å²) in [5.74, 6) is 1.60. The van der Waals surface area contributed by atoms with Crippen molar-refractivity contribution in [2.45, 2.75) is 0 Å². The average Bonchev–Trinajstić information content (AvgIpc) is 3.20. The van der Waals surface area contributed by atoms with E-state index < -0.39 is 0 Å². The van der Waals surface area contributed by atoms with Crippen LogP contribution in [0.3, 0.4) is 0 Å². The minimum Gasteiger partial charge on any atom is -0.497 e. The number of piperazine rings is 1. The molecule has 3 aromatic rings. The molecule has 1 aromatic heterocycles. The predicted octanol–water partition coefficient (Wildman–Crippen LogP) is 3.67. The summed E-state index contributed by atoms with van der Waals surface area (Å²) in [5, 5.41) is 1.58. The molecular formula is C22H24ClN3O3. The van der Waals surface area contributed by atoms with Gasteiger partial charge in [0, 0.05) is 44.2 Å². The summed E-state index contributed by atoms with van der Waals surface area (Å²) in [7, 11) is 1.64. The molecule has 0 atom stereocenters. The second-order valence-electron chi connectivity index (χ2n) is 7.05. The van der Waals surface area contributed by atoms with Gasteiger partial charge < -0.3 is 19.4 Å². The number of carbonyl (C=O) groups is 1. The Hall–Kier alpha value is -2.70. The van der Waals surface area contributed by atoms with Gasteiger partial charge in [0.15, 0.2) is 0 Å². The normalized spacial score (nSPS) is 14.9. The second kappa shape index (κ2) is 8.76. The number of fused-ring (bicyclic) bond motifs is 1. The van der Waals surface area contributed by atoms with Gasteiger partial charge in [-0.1, -0.05) is 29.8 Å². The van der Waals surface area contributed by atoms with Crippen LogP contribution in [0.1, 0.15) is 10.5 Å². The van der Waals surface area contributed by atoms with E-state index in [2.05, 4.69) is 9.88 Å². The van der Waals surface area contributed by atoms with Crippen LogP contribution in [0, 0.1) is 0 Å². The molecule has 0 spiro atoms. The highest BCUT2D eigenvalue weighted by molar-refractivity contribution is 6.35. The molecule has 1 aliphatic rings. The van der Waals surface area contributed by atoms with Crippen LogP contribution >= 0.6 is 11.6 Å². The van der Waals surface area contributed by atoms with Gasteiger partial charge in [0.05, 0.1) is 17.6 Å². The van der Waals surface area contributed by atoms with Gasteiger partial charge in [0.1, 0.15) is 23.8 Å². The number of aromatic amines is 1. The number of ether oxygens (including phenoxy) is 2. The minimum atomic E-state index is 0.0181. The third-order valence-electron chi connectivity index (χ3n) is 5.21. The maximum atomic E-state index is 12.8. The van der Waals surface area contributed by atoms with Crippen LogP contribution in [-0.4, -0.2) is 67.1 Å². The van der Waals surface area contributed by atoms with Crippen LogP contribution in [0.2, 0.25) is 5.02 Å². The van der Waals surface area contributed by atoms with Gasteiger partial charge in [-0.25, -0.2) is 0 Å². The van der Waals surface area contributed by atoms with Gasteiger partial charge in [0.2, 0.25) is 0 Å². The maximum Gasteiger partial charge on any atom is 0.270 e. The number of benzene rings is 2. The van der Waals surface area contributed by atoms with E-state index in [1.54, 1.807) is 7.11 Å². The predicted molar refractivity (Wildman–Crippen MR) is 114 cm³/mol. The summed E-state index contributed by atoms with van der Waals surface area (Å²) < 4.78 is 11.0. The van der Waals surface area contributed by atoms with Crippen LogP contribution in [-0.2, 0) is 0 Å². The zero-order valence-electron chi connectivity index (χ0n) is 16.4. The molecular weight excluding hydrogens is 390 g/mol. The summed E-state index contributed by atoms with van der Waals surface area (Å²) in [4.78, 5) is 20.2. The number of halogens is 1. The lowest BCUT2D eigenvalue weighted by Crippen LogP contribution is -2.49. The molecule has 29 heavy (non-hydrogen) atoms. The molecule has 0 unspecified atom stereocenters. The van der Waals surface area contributed by atoms with Crippen molar-refractivity contribution < 1.29 is 14.3 Å². The van der Waals surface area contributed by atoms with E-state index in [1.165, 1.54) is 0 Å². The molecule has 6 nitrogen and oxygen atoms in total. The molecule has 0 aliphatic carbocycles. The van der Waals surface area contributed by atoms with Crippen molar-refractivity contribution in [1.29, 1.82) is 0 Å². The molecule has 1 fully saturated rings. The zero-order chi connectivity index (χ0) is 20.2. The Kier molecular flexibility index (Phi) is 5.92. The van der Waals surface area contributed by atoms with E-state index in [1.807, 2.05) is 53.4 Å². The highest BCUT2D eigenvalue weighted by Gasteiger charge is 2.23. The third kappa shape index (κ3) is 4.49. The van der Waals surface area contributed by atoms with E-state index >= 15 is 0 Å². The molecule has 2 heterocycles. The molecule has 0 radical (unpaired) electrons. The molecule has 7 heteroatoms. The van der Waals surface area contributed by atoms with E-state index in [9.17, 15) is 4.79 Å². The highest BCUT2D eigenvalue weighted by atomic mass is 35.5. The van der Waals surface area contributed by atoms with Crippen LogP contribution < -0.4 is 9.47 Å². The molecule has 0 saturated carbocycles. The van der Waals surface area contributed by atoms with Gasteiger partial charge in [-0.05, 0) is 24.3 Å². The van der Waals surface area contributed by atoms with Crippen molar-refractivity contribution in [2.24, 2.45) is 0 Å². The summed E-state index contributed by atoms with van der Waals surface area (Å²) >= 11 is 6.21. The Bertz CT molecular complexity index is 996. The number of amides is 1. The first-order chi connectivity index (χ1) is 14.1. The minimum absolute atomic E-state index is 0.0181. The fourth-order valence-corrected chi connectivity index (χ4v) is 3.79. The van der Waals surface area contributed by atoms with Crippen LogP contribution in [0.5, 0.6) is 11.5 Å². The van der Waals surface area contributed by atoms with Crippen molar-refractivity contribution in [2.75, 3.05) is 46.4 Å². The number of nitrogens with zero attached hydrogens (tertiary/aromatic N) is 2. The first-order valence-corrected chi connectivity index (χ1v) is 10.1. The van der Waals surface area contributed by atoms with E-state index in [0.717, 1.165) is 42.0 Å². The number of carbonyl (C=O) groups excluding carboxylic acids is 1. The van der Waals surface area contributed by atoms with E-state index in [0.29, 0.717) is 30.4 Å². The smallest absolute Gasteiger partial charge is 0.270 e. The fourth-order valence-electron chi connectivity index (χ4n) is 3.56. The average molecular weight is 414 g/mol. The lowest BCUT2D eigenvalue weighted by Gasteiger charge is -2.34. The molecule has 152 valence electrons. The molecule has 1 aliphatic heterocycles. The van der Waals surface area contributed by atoms with Crippen molar-refractivity contribution >= 4 is 28.4 Å². The number of rotatable bonds is 6. The number of H-pyrrole nitrogens is 1. The molecule has 4 rings (SSSR count). The molecule has 1 N–H and O–H groups in total. The Labute approximate surface area is 175 Å². The maximum absolute atomic E-state index is 12.8. The third-order valence-corrected chi connectivity index (χ3v) is 5.53. The molecule has 1 amide bonds. The first-order valence-electron chi connectivity index (χ1n) is 9.70. The van der Waals surface area contributed by atoms with Gasteiger partial charge in [-0.15, -0.1) is 0 Å². The van der Waals surface area contributed by atoms with Crippen molar-refractivity contribution in [3.63, 3.8) is 0 Å². The number of para-hydroxylation sites is 1. The number of hydrogen-bond donors (Lipinski definition) is 1. The molecule has 1 saturated heterocycles. The largest absolute Gasteiger partial charge is 0.497 e. The monoisotopic (exact) mass is 413 g/mol. The standard InChI is InChI=1S/C22H24ClN3O3/c1-28-17-5-3-6-18(15-17)29-13-12-25-8-10-26(11-9-25)22(27)20-14-16-4-2-7-19(23)21(16)24-20/h2-7,14-15,24H,8-13H2,1H3. The quantitative estimate of drug-likeness (QED) is 0.670. The number of nitrogens with one attached hydrogen (secondary N) is 1. The summed E-state index contributed by atoms with van der Waals surface area (Å²) in [6.45, 7) is 4.47. The van der Waals surface area contributed by atoms with Crippen LogP contribution in [0.15, 0.2) is 48.5 Å². The number of hydrogen-bond acceptors (Lipinski definition) is 4. The van der Waals surface area contributed by atoms with Crippen molar-refractivity contribution in [3.05, 3.63) is 59.2 Å². The summed E-state index contributed by atoms with van der Waals surface area (Å²) in [6.07, 6.45) is 0. The van der Waals surface area contributed by atoms with Crippen molar-refractivity contribution in [1.82, 2.24) is 14.8 Å². The lowest BCUT2D eigenvalue weighted by atomic mass is 10.2. The zero-order valence-corrected chi connectivity index (χ0v) is 17.1. The Morgan fingerprint density at radius 2 is 1.83 bits per heavy atom. The SMILES string of the molecule is COc1cccc(OCCN2CCN(C(=O)c3cc4cccc(Cl)c4[nH]3)CC2)c1. The topological polar surface area (TPSA) is 57.8 Å². The summed E-state index contributed by atoms with van der Waals surface area (Å²) in [5.41, 5.74) is 1.40. The van der Waals surface area contributed by atoms with Gasteiger partial charge in [0.25, 0.3) is 5.91 Å². The second-order valence-corrected chi connectivity index (χ2v) is 7.46. The summed E-state index contributed by atoms with van der Waals surface area (Å²) in [6, 6.07) is 15.1. The molecule has 0 bridgehead atoms. The Morgan fingerprint density at radius 3 is 2.59 bits per heavy atom. The number of aromatic nitrogens is 1. The molecule has 2 aromatic carbocycles. The van der Waals surface area contributed by atoms with Gasteiger partial charge >= 0.3 is 0 Å². The number of methoxy groups -OCH3 is 1. The van der Waals surface area contributed by atoms with Gasteiger partial charge in [-0.3, -0.25) is 9.69 Å². The van der Waals surface area contributed by atoms with E-state index in [-0.39, 0.29) is 5.91 Å². The van der Waals surface area contributed by atoms with Crippen molar-refractivity contribution in [3.8, 4) is 11.5 Å². The lowest BCUT2D eigenvalue weighted by molar-refractivity contribution is 0.0615. The first kappa shape index (κ1) is 19.6.